The lowest BCUT2D eigenvalue weighted by atomic mass is 10.2. The first kappa shape index (κ1) is 13.5. The minimum absolute atomic E-state index is 0.157. The summed E-state index contributed by atoms with van der Waals surface area (Å²) in [6, 6.07) is 1.49. The molecule has 2 unspecified atom stereocenters. The average Bonchev–Trinajstić information content (AvgIpc) is 2.75. The van der Waals surface area contributed by atoms with Gasteiger partial charge in [-0.2, -0.15) is 9.40 Å². The van der Waals surface area contributed by atoms with Crippen LogP contribution >= 0.6 is 0 Å². The van der Waals surface area contributed by atoms with Gasteiger partial charge in [0.1, 0.15) is 0 Å². The summed E-state index contributed by atoms with van der Waals surface area (Å²) in [5, 5.41) is 4.08. The van der Waals surface area contributed by atoms with Gasteiger partial charge in [0.15, 0.2) is 5.03 Å². The number of nitrogens with zero attached hydrogens (tertiary/aromatic N) is 3. The molecule has 0 amide bonds. The van der Waals surface area contributed by atoms with Crippen molar-refractivity contribution < 1.29 is 13.2 Å². The van der Waals surface area contributed by atoms with E-state index in [-0.39, 0.29) is 23.8 Å². The monoisotopic (exact) mass is 274 g/mol. The summed E-state index contributed by atoms with van der Waals surface area (Å²) in [6.07, 6.45) is 1.06. The largest absolute Gasteiger partial charge is 0.371 e. The molecule has 8 heteroatoms. The summed E-state index contributed by atoms with van der Waals surface area (Å²) in [6.45, 7) is 2.77. The van der Waals surface area contributed by atoms with Crippen molar-refractivity contribution in [3.63, 3.8) is 0 Å². The highest BCUT2D eigenvalue weighted by atomic mass is 32.2. The van der Waals surface area contributed by atoms with Crippen molar-refractivity contribution in [2.75, 3.05) is 19.6 Å². The van der Waals surface area contributed by atoms with Crippen molar-refractivity contribution >= 4 is 10.0 Å². The Labute approximate surface area is 107 Å². The first-order valence-corrected chi connectivity index (χ1v) is 7.23. The Morgan fingerprint density at radius 3 is 2.83 bits per heavy atom. The maximum absolute atomic E-state index is 12.4. The molecule has 2 rings (SSSR count). The molecule has 0 radical (unpaired) electrons. The van der Waals surface area contributed by atoms with Crippen molar-refractivity contribution in [3.05, 3.63) is 12.3 Å². The Morgan fingerprint density at radius 1 is 1.56 bits per heavy atom. The lowest BCUT2D eigenvalue weighted by Gasteiger charge is -2.35. The predicted molar refractivity (Wildman–Crippen MR) is 65.4 cm³/mol. The zero-order valence-electron chi connectivity index (χ0n) is 10.5. The maximum atomic E-state index is 12.4. The highest BCUT2D eigenvalue weighted by molar-refractivity contribution is 7.89. The highest BCUT2D eigenvalue weighted by Gasteiger charge is 2.34. The van der Waals surface area contributed by atoms with E-state index in [9.17, 15) is 8.42 Å². The summed E-state index contributed by atoms with van der Waals surface area (Å²) in [5.74, 6) is 0. The minimum Gasteiger partial charge on any atom is -0.371 e. The minimum atomic E-state index is -3.53. The first-order chi connectivity index (χ1) is 8.45. The second-order valence-corrected chi connectivity index (χ2v) is 6.30. The van der Waals surface area contributed by atoms with Gasteiger partial charge in [-0.15, -0.1) is 0 Å². The van der Waals surface area contributed by atoms with E-state index in [1.54, 1.807) is 7.05 Å². The van der Waals surface area contributed by atoms with Crippen LogP contribution < -0.4 is 5.73 Å². The second-order valence-electron chi connectivity index (χ2n) is 4.42. The smallest absolute Gasteiger partial charge is 0.260 e. The number of morpholine rings is 1. The Balaban J connectivity index is 2.28. The molecule has 2 N–H and O–H groups in total. The van der Waals surface area contributed by atoms with E-state index in [0.29, 0.717) is 13.1 Å². The summed E-state index contributed by atoms with van der Waals surface area (Å²) in [5.41, 5.74) is 5.56. The number of hydrogen-bond donors (Lipinski definition) is 1. The standard InChI is InChI=1S/C10H18N4O3S/c1-8-6-14(7-9(5-11)17-8)18(15,16)10-3-4-12-13(10)2/h3-4,8-9H,5-7,11H2,1-2H3. The molecule has 1 aromatic heterocycles. The average molecular weight is 274 g/mol. The molecule has 0 aromatic carbocycles. The fraction of sp³-hybridized carbons (Fsp3) is 0.700. The van der Waals surface area contributed by atoms with Crippen molar-refractivity contribution in [2.24, 2.45) is 12.8 Å². The predicted octanol–water partition coefficient (Wildman–Crippen LogP) is -0.843. The van der Waals surface area contributed by atoms with Gasteiger partial charge in [0.25, 0.3) is 10.0 Å². The van der Waals surface area contributed by atoms with E-state index >= 15 is 0 Å². The van der Waals surface area contributed by atoms with Crippen molar-refractivity contribution in [1.29, 1.82) is 0 Å². The van der Waals surface area contributed by atoms with Crippen LogP contribution in [0.15, 0.2) is 17.3 Å². The molecule has 1 aliphatic heterocycles. The molecule has 0 aliphatic carbocycles. The van der Waals surface area contributed by atoms with Gasteiger partial charge in [0.2, 0.25) is 0 Å². The Kier molecular flexibility index (Phi) is 3.71. The van der Waals surface area contributed by atoms with Crippen LogP contribution in [0.4, 0.5) is 0 Å². The van der Waals surface area contributed by atoms with E-state index in [0.717, 1.165) is 0 Å². The SMILES string of the molecule is CC1CN(S(=O)(=O)c2ccnn2C)CC(CN)O1. The van der Waals surface area contributed by atoms with Gasteiger partial charge < -0.3 is 10.5 Å². The van der Waals surface area contributed by atoms with Crippen LogP contribution in [0, 0.1) is 0 Å². The molecule has 7 nitrogen and oxygen atoms in total. The van der Waals surface area contributed by atoms with Gasteiger partial charge in [0, 0.05) is 26.7 Å². The van der Waals surface area contributed by atoms with Gasteiger partial charge in [-0.05, 0) is 13.0 Å². The third-order valence-corrected chi connectivity index (χ3v) is 4.84. The van der Waals surface area contributed by atoms with Crippen molar-refractivity contribution in [2.45, 2.75) is 24.2 Å². The normalized spacial score (nSPS) is 26.4. The molecule has 18 heavy (non-hydrogen) atoms. The van der Waals surface area contributed by atoms with Crippen LogP contribution in [-0.2, 0) is 21.8 Å². The van der Waals surface area contributed by atoms with Gasteiger partial charge in [0.05, 0.1) is 18.4 Å². The van der Waals surface area contributed by atoms with Gasteiger partial charge >= 0.3 is 0 Å². The molecule has 1 aliphatic rings. The summed E-state index contributed by atoms with van der Waals surface area (Å²) < 4.78 is 33.2. The topological polar surface area (TPSA) is 90.5 Å². The van der Waals surface area contributed by atoms with Crippen LogP contribution in [0.25, 0.3) is 0 Å². The summed E-state index contributed by atoms with van der Waals surface area (Å²) in [7, 11) is -1.92. The van der Waals surface area contributed by atoms with Crippen LogP contribution in [-0.4, -0.2) is 54.3 Å². The Morgan fingerprint density at radius 2 is 2.28 bits per heavy atom. The maximum Gasteiger partial charge on any atom is 0.260 e. The molecular weight excluding hydrogens is 256 g/mol. The molecule has 1 fully saturated rings. The van der Waals surface area contributed by atoms with Crippen LogP contribution in [0.3, 0.4) is 0 Å². The van der Waals surface area contributed by atoms with Crippen LogP contribution in [0.1, 0.15) is 6.92 Å². The third kappa shape index (κ3) is 2.41. The molecule has 102 valence electrons. The first-order valence-electron chi connectivity index (χ1n) is 5.79. The number of aromatic nitrogens is 2. The number of hydrogen-bond acceptors (Lipinski definition) is 5. The molecule has 0 saturated carbocycles. The fourth-order valence-corrected chi connectivity index (χ4v) is 3.72. The number of sulfonamides is 1. The molecule has 0 spiro atoms. The Bertz CT molecular complexity index is 513. The number of nitrogens with two attached hydrogens (primary N) is 1. The summed E-state index contributed by atoms with van der Waals surface area (Å²) >= 11 is 0. The van der Waals surface area contributed by atoms with E-state index in [1.165, 1.54) is 21.3 Å². The highest BCUT2D eigenvalue weighted by Crippen LogP contribution is 2.20. The van der Waals surface area contributed by atoms with Crippen LogP contribution in [0.5, 0.6) is 0 Å². The quantitative estimate of drug-likeness (QED) is 0.776. The van der Waals surface area contributed by atoms with E-state index in [2.05, 4.69) is 5.10 Å². The molecule has 2 atom stereocenters. The molecule has 0 bridgehead atoms. The van der Waals surface area contributed by atoms with E-state index in [4.69, 9.17) is 10.5 Å². The summed E-state index contributed by atoms with van der Waals surface area (Å²) in [4.78, 5) is 0. The molecule has 1 aromatic rings. The van der Waals surface area contributed by atoms with E-state index in [1.807, 2.05) is 6.92 Å². The third-order valence-electron chi connectivity index (χ3n) is 2.94. The van der Waals surface area contributed by atoms with Gasteiger partial charge in [-0.3, -0.25) is 4.68 Å². The second kappa shape index (κ2) is 4.96. The number of rotatable bonds is 3. The van der Waals surface area contributed by atoms with Crippen molar-refractivity contribution in [1.82, 2.24) is 14.1 Å². The molecule has 1 saturated heterocycles. The van der Waals surface area contributed by atoms with Crippen LogP contribution in [0.2, 0.25) is 0 Å². The lowest BCUT2D eigenvalue weighted by molar-refractivity contribution is -0.0487. The van der Waals surface area contributed by atoms with E-state index < -0.39 is 10.0 Å². The fourth-order valence-electron chi connectivity index (χ4n) is 2.08. The van der Waals surface area contributed by atoms with Gasteiger partial charge in [-0.25, -0.2) is 8.42 Å². The zero-order chi connectivity index (χ0) is 13.3. The van der Waals surface area contributed by atoms with Gasteiger partial charge in [-0.1, -0.05) is 0 Å². The zero-order valence-corrected chi connectivity index (χ0v) is 11.3. The van der Waals surface area contributed by atoms with Crippen molar-refractivity contribution in [3.8, 4) is 0 Å². The molecule has 2 heterocycles. The lowest BCUT2D eigenvalue weighted by Crippen LogP contribution is -2.51. The number of aryl methyl sites for hydroxylation is 1. The Hall–Kier alpha value is -0.960. The number of ether oxygens (including phenoxy) is 1. The molecular formula is C10H18N4O3S.